The summed E-state index contributed by atoms with van der Waals surface area (Å²) in [5.74, 6) is 0.172. The van der Waals surface area contributed by atoms with Crippen LogP contribution in [0.25, 0.3) is 0 Å². The summed E-state index contributed by atoms with van der Waals surface area (Å²) in [4.78, 5) is 11.3. The highest BCUT2D eigenvalue weighted by atomic mass is 16.5. The Balaban J connectivity index is 3.45. The summed E-state index contributed by atoms with van der Waals surface area (Å²) in [6.07, 6.45) is 4.49. The van der Waals surface area contributed by atoms with Crippen LogP contribution in [0.15, 0.2) is 0 Å². The Hall–Kier alpha value is -0.410. The van der Waals surface area contributed by atoms with Crippen molar-refractivity contribution < 1.29 is 9.53 Å². The van der Waals surface area contributed by atoms with Gasteiger partial charge in [0.1, 0.15) is 5.78 Å². The monoisotopic (exact) mass is 187 g/mol. The van der Waals surface area contributed by atoms with Gasteiger partial charge in [0.15, 0.2) is 0 Å². The Labute approximate surface area is 80.6 Å². The topological polar surface area (TPSA) is 52.3 Å². The molecular formula is C10H21NO2. The molecule has 0 rings (SSSR count). The van der Waals surface area contributed by atoms with Crippen molar-refractivity contribution in [2.24, 2.45) is 5.73 Å². The standard InChI is InChI=1S/C10H21NO2/c1-3-4-5-6-10(12)9(11)7-8-13-2/h9H,3-8,11H2,1-2H3. The number of Topliss-reactive ketones (excluding diaryl/α,β-unsaturated/α-hetero) is 1. The van der Waals surface area contributed by atoms with Crippen LogP contribution in [-0.4, -0.2) is 25.5 Å². The Bertz CT molecular complexity index is 137. The maximum Gasteiger partial charge on any atom is 0.149 e. The third-order valence-electron chi connectivity index (χ3n) is 2.07. The van der Waals surface area contributed by atoms with Crippen LogP contribution >= 0.6 is 0 Å². The van der Waals surface area contributed by atoms with Crippen LogP contribution in [0.2, 0.25) is 0 Å². The fourth-order valence-electron chi connectivity index (χ4n) is 1.14. The Kier molecular flexibility index (Phi) is 7.94. The lowest BCUT2D eigenvalue weighted by Crippen LogP contribution is -2.31. The smallest absolute Gasteiger partial charge is 0.149 e. The number of carbonyl (C=O) groups is 1. The minimum Gasteiger partial charge on any atom is -0.385 e. The summed E-state index contributed by atoms with van der Waals surface area (Å²) in [6.45, 7) is 2.69. The fraction of sp³-hybridized carbons (Fsp3) is 0.900. The molecule has 0 radical (unpaired) electrons. The largest absolute Gasteiger partial charge is 0.385 e. The van der Waals surface area contributed by atoms with E-state index in [0.29, 0.717) is 19.4 Å². The molecule has 0 saturated carbocycles. The first-order chi connectivity index (χ1) is 6.22. The van der Waals surface area contributed by atoms with Gasteiger partial charge in [-0.3, -0.25) is 4.79 Å². The molecule has 0 aliphatic heterocycles. The molecule has 0 aliphatic carbocycles. The molecule has 0 amide bonds. The van der Waals surface area contributed by atoms with Crippen LogP contribution in [0.4, 0.5) is 0 Å². The number of unbranched alkanes of at least 4 members (excludes halogenated alkanes) is 2. The lowest BCUT2D eigenvalue weighted by Gasteiger charge is -2.09. The molecule has 0 bridgehead atoms. The predicted molar refractivity (Wildman–Crippen MR) is 53.6 cm³/mol. The SMILES string of the molecule is CCCCCC(=O)C(N)CCOC. The van der Waals surface area contributed by atoms with E-state index in [1.165, 1.54) is 0 Å². The van der Waals surface area contributed by atoms with Crippen LogP contribution in [0.5, 0.6) is 0 Å². The Morgan fingerprint density at radius 1 is 1.46 bits per heavy atom. The first-order valence-corrected chi connectivity index (χ1v) is 4.99. The van der Waals surface area contributed by atoms with Gasteiger partial charge in [0.2, 0.25) is 0 Å². The number of carbonyl (C=O) groups excluding carboxylic acids is 1. The number of ether oxygens (including phenoxy) is 1. The van der Waals surface area contributed by atoms with Crippen molar-refractivity contribution in [1.29, 1.82) is 0 Å². The second-order valence-electron chi connectivity index (χ2n) is 3.31. The maximum absolute atomic E-state index is 11.3. The van der Waals surface area contributed by atoms with Gasteiger partial charge in [-0.05, 0) is 12.8 Å². The Morgan fingerprint density at radius 2 is 2.15 bits per heavy atom. The summed E-state index contributed by atoms with van der Waals surface area (Å²) < 4.78 is 4.86. The zero-order valence-corrected chi connectivity index (χ0v) is 8.71. The molecule has 3 heteroatoms. The highest BCUT2D eigenvalue weighted by molar-refractivity contribution is 5.83. The summed E-state index contributed by atoms with van der Waals surface area (Å²) in [7, 11) is 1.62. The molecule has 3 nitrogen and oxygen atoms in total. The molecule has 78 valence electrons. The van der Waals surface area contributed by atoms with Crippen molar-refractivity contribution in [1.82, 2.24) is 0 Å². The summed E-state index contributed by atoms with van der Waals surface area (Å²) >= 11 is 0. The number of nitrogens with two attached hydrogens (primary N) is 1. The summed E-state index contributed by atoms with van der Waals surface area (Å²) in [5.41, 5.74) is 5.66. The van der Waals surface area contributed by atoms with E-state index in [-0.39, 0.29) is 11.8 Å². The van der Waals surface area contributed by atoms with Crippen molar-refractivity contribution in [2.45, 2.75) is 45.1 Å². The van der Waals surface area contributed by atoms with Gasteiger partial charge in [-0.1, -0.05) is 19.8 Å². The predicted octanol–water partition coefficient (Wildman–Crippen LogP) is 1.50. The van der Waals surface area contributed by atoms with Gasteiger partial charge in [0.05, 0.1) is 6.04 Å². The van der Waals surface area contributed by atoms with E-state index in [1.807, 2.05) is 0 Å². The van der Waals surface area contributed by atoms with E-state index < -0.39 is 0 Å². The minimum absolute atomic E-state index is 0.172. The molecule has 0 saturated heterocycles. The summed E-state index contributed by atoms with van der Waals surface area (Å²) in [6, 6.07) is -0.322. The first kappa shape index (κ1) is 12.6. The average molecular weight is 187 g/mol. The van der Waals surface area contributed by atoms with Gasteiger partial charge in [0, 0.05) is 20.1 Å². The lowest BCUT2D eigenvalue weighted by molar-refractivity contribution is -0.120. The van der Waals surface area contributed by atoms with E-state index in [1.54, 1.807) is 7.11 Å². The number of ketones is 1. The van der Waals surface area contributed by atoms with Crippen LogP contribution in [-0.2, 0) is 9.53 Å². The van der Waals surface area contributed by atoms with Crippen LogP contribution in [0.1, 0.15) is 39.0 Å². The molecule has 13 heavy (non-hydrogen) atoms. The molecule has 0 aliphatic rings. The van der Waals surface area contributed by atoms with Gasteiger partial charge >= 0.3 is 0 Å². The number of rotatable bonds is 8. The van der Waals surface area contributed by atoms with Crippen LogP contribution in [0.3, 0.4) is 0 Å². The fourth-order valence-corrected chi connectivity index (χ4v) is 1.14. The number of hydrogen-bond donors (Lipinski definition) is 1. The van der Waals surface area contributed by atoms with Gasteiger partial charge < -0.3 is 10.5 Å². The van der Waals surface area contributed by atoms with Crippen molar-refractivity contribution in [2.75, 3.05) is 13.7 Å². The summed E-state index contributed by atoms with van der Waals surface area (Å²) in [5, 5.41) is 0. The molecule has 0 spiro atoms. The number of methoxy groups -OCH3 is 1. The van der Waals surface area contributed by atoms with Gasteiger partial charge in [-0.25, -0.2) is 0 Å². The molecule has 0 aromatic rings. The van der Waals surface area contributed by atoms with Crippen molar-refractivity contribution in [3.8, 4) is 0 Å². The van der Waals surface area contributed by atoms with E-state index in [2.05, 4.69) is 6.92 Å². The zero-order chi connectivity index (χ0) is 10.1. The third kappa shape index (κ3) is 6.72. The Morgan fingerprint density at radius 3 is 2.69 bits per heavy atom. The van der Waals surface area contributed by atoms with Crippen molar-refractivity contribution >= 4 is 5.78 Å². The van der Waals surface area contributed by atoms with Gasteiger partial charge in [-0.15, -0.1) is 0 Å². The second-order valence-corrected chi connectivity index (χ2v) is 3.31. The molecular weight excluding hydrogens is 166 g/mol. The van der Waals surface area contributed by atoms with Gasteiger partial charge in [-0.2, -0.15) is 0 Å². The molecule has 0 aromatic carbocycles. The van der Waals surface area contributed by atoms with E-state index in [9.17, 15) is 4.79 Å². The quantitative estimate of drug-likeness (QED) is 0.586. The average Bonchev–Trinajstić information content (AvgIpc) is 2.14. The molecule has 1 atom stereocenters. The highest BCUT2D eigenvalue weighted by Gasteiger charge is 2.11. The lowest BCUT2D eigenvalue weighted by atomic mass is 10.0. The minimum atomic E-state index is -0.322. The normalized spacial score (nSPS) is 12.8. The van der Waals surface area contributed by atoms with Crippen molar-refractivity contribution in [3.05, 3.63) is 0 Å². The van der Waals surface area contributed by atoms with Crippen LogP contribution < -0.4 is 5.73 Å². The third-order valence-corrected chi connectivity index (χ3v) is 2.07. The zero-order valence-electron chi connectivity index (χ0n) is 8.71. The molecule has 0 fully saturated rings. The molecule has 0 aromatic heterocycles. The first-order valence-electron chi connectivity index (χ1n) is 4.99. The number of hydrogen-bond acceptors (Lipinski definition) is 3. The maximum atomic E-state index is 11.3. The molecule has 2 N–H and O–H groups in total. The van der Waals surface area contributed by atoms with Gasteiger partial charge in [0.25, 0.3) is 0 Å². The van der Waals surface area contributed by atoms with E-state index >= 15 is 0 Å². The second kappa shape index (κ2) is 8.20. The molecule has 0 heterocycles. The molecule has 1 unspecified atom stereocenters. The van der Waals surface area contributed by atoms with Crippen LogP contribution in [0, 0.1) is 0 Å². The van der Waals surface area contributed by atoms with E-state index in [4.69, 9.17) is 10.5 Å². The van der Waals surface area contributed by atoms with Crippen molar-refractivity contribution in [3.63, 3.8) is 0 Å². The van der Waals surface area contributed by atoms with E-state index in [0.717, 1.165) is 19.3 Å². The highest BCUT2D eigenvalue weighted by Crippen LogP contribution is 2.03.